The van der Waals surface area contributed by atoms with E-state index >= 15 is 0 Å². The van der Waals surface area contributed by atoms with Gasteiger partial charge in [-0.2, -0.15) is 0 Å². The fourth-order valence-corrected chi connectivity index (χ4v) is 2.12. The number of hydrogen-bond donors (Lipinski definition) is 3. The van der Waals surface area contributed by atoms with Crippen LogP contribution in [0.5, 0.6) is 0 Å². The minimum absolute atomic E-state index is 0.000350. The zero-order valence-corrected chi connectivity index (χ0v) is 15.0. The number of imide groups is 1. The Morgan fingerprint density at radius 1 is 1.14 bits per heavy atom. The van der Waals surface area contributed by atoms with Crippen LogP contribution in [0.2, 0.25) is 0 Å². The molecule has 11 nitrogen and oxygen atoms in total. The Labute approximate surface area is 160 Å². The van der Waals surface area contributed by atoms with E-state index in [-0.39, 0.29) is 32.4 Å². The highest BCUT2D eigenvalue weighted by Crippen LogP contribution is 2.04. The predicted octanol–water partition coefficient (Wildman–Crippen LogP) is -1.50. The number of aliphatic carboxylic acids is 1. The van der Waals surface area contributed by atoms with Crippen molar-refractivity contribution in [2.75, 3.05) is 19.7 Å². The SMILES string of the molecule is C=CCOC(=O)CC[C@H](NC(=O)CNC(=O)CCN1C(=O)C=CC1=O)C(=O)O. The van der Waals surface area contributed by atoms with Crippen molar-refractivity contribution in [3.05, 3.63) is 24.8 Å². The first-order chi connectivity index (χ1) is 13.2. The van der Waals surface area contributed by atoms with E-state index in [1.807, 2.05) is 0 Å². The van der Waals surface area contributed by atoms with E-state index in [2.05, 4.69) is 17.2 Å². The van der Waals surface area contributed by atoms with Crippen LogP contribution < -0.4 is 10.6 Å². The molecule has 1 rings (SSSR count). The van der Waals surface area contributed by atoms with Crippen LogP contribution >= 0.6 is 0 Å². The van der Waals surface area contributed by atoms with Crippen LogP contribution in [-0.2, 0) is 33.5 Å². The number of carbonyl (C=O) groups is 6. The van der Waals surface area contributed by atoms with Crippen molar-refractivity contribution in [3.63, 3.8) is 0 Å². The third-order valence-corrected chi connectivity index (χ3v) is 3.54. The maximum Gasteiger partial charge on any atom is 0.326 e. The van der Waals surface area contributed by atoms with Crippen molar-refractivity contribution >= 4 is 35.6 Å². The van der Waals surface area contributed by atoms with Gasteiger partial charge in [-0.3, -0.25) is 28.9 Å². The largest absolute Gasteiger partial charge is 0.480 e. The summed E-state index contributed by atoms with van der Waals surface area (Å²) in [6.07, 6.45) is 2.94. The molecule has 0 bridgehead atoms. The number of amides is 4. The van der Waals surface area contributed by atoms with Crippen LogP contribution in [-0.4, -0.2) is 71.3 Å². The zero-order chi connectivity index (χ0) is 21.1. The van der Waals surface area contributed by atoms with E-state index in [0.717, 1.165) is 17.1 Å². The third kappa shape index (κ3) is 7.81. The van der Waals surface area contributed by atoms with E-state index < -0.39 is 48.2 Å². The van der Waals surface area contributed by atoms with Gasteiger partial charge in [0.1, 0.15) is 12.6 Å². The summed E-state index contributed by atoms with van der Waals surface area (Å²) in [4.78, 5) is 69.6. The highest BCUT2D eigenvalue weighted by molar-refractivity contribution is 6.13. The monoisotopic (exact) mass is 395 g/mol. The van der Waals surface area contributed by atoms with Crippen LogP contribution in [0.25, 0.3) is 0 Å². The molecule has 0 fully saturated rings. The van der Waals surface area contributed by atoms with Gasteiger partial charge in [-0.1, -0.05) is 12.7 Å². The van der Waals surface area contributed by atoms with Gasteiger partial charge in [0.2, 0.25) is 11.8 Å². The highest BCUT2D eigenvalue weighted by Gasteiger charge is 2.24. The van der Waals surface area contributed by atoms with Crippen LogP contribution in [0.3, 0.4) is 0 Å². The highest BCUT2D eigenvalue weighted by atomic mass is 16.5. The molecular weight excluding hydrogens is 374 g/mol. The summed E-state index contributed by atoms with van der Waals surface area (Å²) in [5.41, 5.74) is 0. The normalized spacial score (nSPS) is 13.8. The summed E-state index contributed by atoms with van der Waals surface area (Å²) in [6, 6.07) is -1.33. The second-order valence-corrected chi connectivity index (χ2v) is 5.66. The molecule has 4 amide bonds. The average Bonchev–Trinajstić information content (AvgIpc) is 2.97. The van der Waals surface area contributed by atoms with Gasteiger partial charge in [0.15, 0.2) is 0 Å². The molecule has 0 aromatic rings. The molecule has 0 saturated carbocycles. The molecule has 0 aromatic carbocycles. The Morgan fingerprint density at radius 3 is 2.36 bits per heavy atom. The number of carboxylic acid groups (broad SMARTS) is 1. The molecule has 0 saturated heterocycles. The van der Waals surface area contributed by atoms with Gasteiger partial charge in [-0.15, -0.1) is 0 Å². The molecule has 3 N–H and O–H groups in total. The lowest BCUT2D eigenvalue weighted by atomic mass is 10.1. The minimum Gasteiger partial charge on any atom is -0.480 e. The topological polar surface area (TPSA) is 159 Å². The smallest absolute Gasteiger partial charge is 0.326 e. The number of nitrogens with one attached hydrogen (secondary N) is 2. The molecule has 1 aliphatic heterocycles. The Bertz CT molecular complexity index is 683. The van der Waals surface area contributed by atoms with Crippen molar-refractivity contribution in [2.24, 2.45) is 0 Å². The molecular formula is C17H21N3O8. The van der Waals surface area contributed by atoms with E-state index in [4.69, 9.17) is 9.84 Å². The first-order valence-electron chi connectivity index (χ1n) is 8.33. The standard InChI is InChI=1S/C17H21N3O8/c1-2-9-28-16(25)6-3-11(17(26)27)19-13(22)10-18-12(21)7-8-20-14(23)4-5-15(20)24/h2,4-5,11H,1,3,6-10H2,(H,18,21)(H,19,22)(H,26,27)/t11-/m0/s1. The molecule has 11 heteroatoms. The summed E-state index contributed by atoms with van der Waals surface area (Å²) in [5, 5.41) is 13.5. The molecule has 1 atom stereocenters. The quantitative estimate of drug-likeness (QED) is 0.204. The first-order valence-corrected chi connectivity index (χ1v) is 8.33. The van der Waals surface area contributed by atoms with Crippen LogP contribution in [0, 0.1) is 0 Å². The number of ether oxygens (including phenoxy) is 1. The minimum atomic E-state index is -1.34. The molecule has 0 unspecified atom stereocenters. The third-order valence-electron chi connectivity index (χ3n) is 3.54. The molecule has 28 heavy (non-hydrogen) atoms. The van der Waals surface area contributed by atoms with Crippen molar-refractivity contribution in [1.82, 2.24) is 15.5 Å². The Balaban J connectivity index is 2.33. The lowest BCUT2D eigenvalue weighted by Crippen LogP contribution is -2.46. The predicted molar refractivity (Wildman–Crippen MR) is 93.4 cm³/mol. The van der Waals surface area contributed by atoms with Crippen LogP contribution in [0.15, 0.2) is 24.8 Å². The summed E-state index contributed by atoms with van der Waals surface area (Å²) in [6.45, 7) is 2.74. The molecule has 1 aliphatic rings. The van der Waals surface area contributed by atoms with Crippen molar-refractivity contribution in [3.8, 4) is 0 Å². The Morgan fingerprint density at radius 2 is 1.79 bits per heavy atom. The van der Waals surface area contributed by atoms with Gasteiger partial charge in [0, 0.05) is 31.5 Å². The van der Waals surface area contributed by atoms with Gasteiger partial charge in [-0.25, -0.2) is 4.79 Å². The first kappa shape index (κ1) is 22.5. The van der Waals surface area contributed by atoms with Gasteiger partial charge in [0.25, 0.3) is 11.8 Å². The zero-order valence-electron chi connectivity index (χ0n) is 15.0. The molecule has 152 valence electrons. The summed E-state index contributed by atoms with van der Waals surface area (Å²) in [5.74, 6) is -4.38. The van der Waals surface area contributed by atoms with E-state index in [1.165, 1.54) is 6.08 Å². The second-order valence-electron chi connectivity index (χ2n) is 5.66. The second kappa shape index (κ2) is 11.3. The van der Waals surface area contributed by atoms with E-state index in [9.17, 15) is 28.8 Å². The average molecular weight is 395 g/mol. The molecule has 0 spiro atoms. The Kier molecular flexibility index (Phi) is 9.07. The number of hydrogen-bond acceptors (Lipinski definition) is 7. The number of esters is 1. The van der Waals surface area contributed by atoms with E-state index in [0.29, 0.717) is 0 Å². The fraction of sp³-hybridized carbons (Fsp3) is 0.412. The maximum atomic E-state index is 11.8. The lowest BCUT2D eigenvalue weighted by Gasteiger charge is -2.15. The van der Waals surface area contributed by atoms with Gasteiger partial charge < -0.3 is 20.5 Å². The van der Waals surface area contributed by atoms with Crippen molar-refractivity contribution < 1.29 is 38.6 Å². The molecule has 0 radical (unpaired) electrons. The maximum absolute atomic E-state index is 11.8. The van der Waals surface area contributed by atoms with Gasteiger partial charge >= 0.3 is 11.9 Å². The Hall–Kier alpha value is -3.50. The molecule has 0 aliphatic carbocycles. The number of carboxylic acids is 1. The van der Waals surface area contributed by atoms with Crippen LogP contribution in [0.4, 0.5) is 0 Å². The van der Waals surface area contributed by atoms with Crippen molar-refractivity contribution in [1.29, 1.82) is 0 Å². The summed E-state index contributed by atoms with van der Waals surface area (Å²) < 4.78 is 4.71. The summed E-state index contributed by atoms with van der Waals surface area (Å²) in [7, 11) is 0. The number of carbonyl (C=O) groups excluding carboxylic acids is 5. The van der Waals surface area contributed by atoms with Crippen molar-refractivity contribution in [2.45, 2.75) is 25.3 Å². The van der Waals surface area contributed by atoms with Gasteiger partial charge in [0.05, 0.1) is 6.54 Å². The lowest BCUT2D eigenvalue weighted by molar-refractivity contribution is -0.145. The van der Waals surface area contributed by atoms with E-state index in [1.54, 1.807) is 0 Å². The summed E-state index contributed by atoms with van der Waals surface area (Å²) >= 11 is 0. The number of rotatable bonds is 12. The molecule has 1 heterocycles. The van der Waals surface area contributed by atoms with Gasteiger partial charge in [-0.05, 0) is 6.42 Å². The molecule has 0 aromatic heterocycles. The number of nitrogens with zero attached hydrogens (tertiary/aromatic N) is 1. The van der Waals surface area contributed by atoms with Crippen LogP contribution in [0.1, 0.15) is 19.3 Å². The fourth-order valence-electron chi connectivity index (χ4n) is 2.12.